The fraction of sp³-hybridized carbons (Fsp3) is 0.333. The van der Waals surface area contributed by atoms with Crippen LogP contribution in [0.2, 0.25) is 0 Å². The van der Waals surface area contributed by atoms with Crippen molar-refractivity contribution in [3.8, 4) is 11.5 Å². The highest BCUT2D eigenvalue weighted by Crippen LogP contribution is 2.33. The van der Waals surface area contributed by atoms with Crippen LogP contribution in [0.15, 0.2) is 30.4 Å². The van der Waals surface area contributed by atoms with Gasteiger partial charge in [0, 0.05) is 19.4 Å². The number of esters is 2. The van der Waals surface area contributed by atoms with Gasteiger partial charge in [-0.3, -0.25) is 9.59 Å². The summed E-state index contributed by atoms with van der Waals surface area (Å²) in [5.41, 5.74) is 1.38. The lowest BCUT2D eigenvalue weighted by atomic mass is 10.0. The predicted molar refractivity (Wildman–Crippen MR) is 73.6 cm³/mol. The van der Waals surface area contributed by atoms with Crippen LogP contribution in [0.3, 0.4) is 0 Å². The van der Waals surface area contributed by atoms with Crippen molar-refractivity contribution in [3.05, 3.63) is 35.9 Å². The zero-order valence-electron chi connectivity index (χ0n) is 12.1. The number of methoxy groups -OCH3 is 1. The van der Waals surface area contributed by atoms with Gasteiger partial charge in [0.1, 0.15) is 6.10 Å². The third-order valence-corrected chi connectivity index (χ3v) is 2.48. The Balaban J connectivity index is 3.15. The van der Waals surface area contributed by atoms with Crippen LogP contribution in [0.4, 0.5) is 0 Å². The summed E-state index contributed by atoms with van der Waals surface area (Å²) in [7, 11) is 1.47. The van der Waals surface area contributed by atoms with Crippen molar-refractivity contribution < 1.29 is 23.8 Å². The van der Waals surface area contributed by atoms with E-state index in [4.69, 9.17) is 14.2 Å². The fourth-order valence-corrected chi connectivity index (χ4v) is 1.71. The SMILES string of the molecule is C=C(C)C(OC(C)=O)c1ccc(OC(C)=O)c(OC)c1. The summed E-state index contributed by atoms with van der Waals surface area (Å²) >= 11 is 0. The van der Waals surface area contributed by atoms with E-state index in [0.717, 1.165) is 0 Å². The van der Waals surface area contributed by atoms with Gasteiger partial charge < -0.3 is 14.2 Å². The quantitative estimate of drug-likeness (QED) is 0.471. The summed E-state index contributed by atoms with van der Waals surface area (Å²) in [6.45, 7) is 8.21. The van der Waals surface area contributed by atoms with Gasteiger partial charge in [0.25, 0.3) is 0 Å². The predicted octanol–water partition coefficient (Wildman–Crippen LogP) is 2.80. The van der Waals surface area contributed by atoms with Gasteiger partial charge in [-0.05, 0) is 24.6 Å². The molecule has 0 aliphatic carbocycles. The smallest absolute Gasteiger partial charge is 0.308 e. The molecule has 0 amide bonds. The summed E-state index contributed by atoms with van der Waals surface area (Å²) in [6, 6.07) is 4.94. The first kappa shape index (κ1) is 15.8. The number of ether oxygens (including phenoxy) is 3. The molecule has 1 aromatic carbocycles. The second-order valence-corrected chi connectivity index (χ2v) is 4.34. The van der Waals surface area contributed by atoms with Gasteiger partial charge in [-0.2, -0.15) is 0 Å². The van der Waals surface area contributed by atoms with E-state index in [1.807, 2.05) is 0 Å². The maximum Gasteiger partial charge on any atom is 0.308 e. The topological polar surface area (TPSA) is 61.8 Å². The molecule has 0 N–H and O–H groups in total. The molecule has 0 fully saturated rings. The number of hydrogen-bond donors (Lipinski definition) is 0. The van der Waals surface area contributed by atoms with Crippen LogP contribution in [0.1, 0.15) is 32.4 Å². The summed E-state index contributed by atoms with van der Waals surface area (Å²) in [5.74, 6) is -0.142. The molecular formula is C15H18O5. The van der Waals surface area contributed by atoms with Gasteiger partial charge in [-0.15, -0.1) is 0 Å². The first-order valence-corrected chi connectivity index (χ1v) is 6.04. The van der Waals surface area contributed by atoms with Crippen LogP contribution >= 0.6 is 0 Å². The molecule has 0 heterocycles. The summed E-state index contributed by atoms with van der Waals surface area (Å²) in [4.78, 5) is 22.1. The van der Waals surface area contributed by atoms with Crippen LogP contribution in [-0.4, -0.2) is 19.0 Å². The molecule has 1 rings (SSSR count). The van der Waals surface area contributed by atoms with Gasteiger partial charge in [0.15, 0.2) is 11.5 Å². The molecule has 0 saturated heterocycles. The molecule has 1 unspecified atom stereocenters. The third-order valence-electron chi connectivity index (χ3n) is 2.48. The van der Waals surface area contributed by atoms with E-state index < -0.39 is 18.0 Å². The Hall–Kier alpha value is -2.30. The summed E-state index contributed by atoms with van der Waals surface area (Å²) in [6.07, 6.45) is -0.562. The molecule has 0 bridgehead atoms. The monoisotopic (exact) mass is 278 g/mol. The highest BCUT2D eigenvalue weighted by atomic mass is 16.6. The zero-order valence-corrected chi connectivity index (χ0v) is 12.1. The van der Waals surface area contributed by atoms with Gasteiger partial charge in [0.05, 0.1) is 7.11 Å². The van der Waals surface area contributed by atoms with Gasteiger partial charge in [0.2, 0.25) is 0 Å². The summed E-state index contributed by atoms with van der Waals surface area (Å²) in [5, 5.41) is 0. The third kappa shape index (κ3) is 4.12. The molecule has 0 aliphatic rings. The molecule has 0 radical (unpaired) electrons. The van der Waals surface area contributed by atoms with Crippen molar-refractivity contribution in [3.63, 3.8) is 0 Å². The Kier molecular flexibility index (Phi) is 5.32. The molecule has 20 heavy (non-hydrogen) atoms. The molecule has 0 aromatic heterocycles. The fourth-order valence-electron chi connectivity index (χ4n) is 1.71. The largest absolute Gasteiger partial charge is 0.493 e. The molecule has 0 spiro atoms. The van der Waals surface area contributed by atoms with Gasteiger partial charge in [-0.1, -0.05) is 12.6 Å². The Morgan fingerprint density at radius 2 is 1.75 bits per heavy atom. The van der Waals surface area contributed by atoms with Crippen molar-refractivity contribution in [2.75, 3.05) is 7.11 Å². The maximum absolute atomic E-state index is 11.1. The van der Waals surface area contributed by atoms with E-state index >= 15 is 0 Å². The number of hydrogen-bond acceptors (Lipinski definition) is 5. The number of rotatable bonds is 5. The highest BCUT2D eigenvalue weighted by molar-refractivity contribution is 5.70. The van der Waals surface area contributed by atoms with E-state index in [9.17, 15) is 9.59 Å². The van der Waals surface area contributed by atoms with Gasteiger partial charge in [-0.25, -0.2) is 0 Å². The average Bonchev–Trinajstić information content (AvgIpc) is 2.35. The van der Waals surface area contributed by atoms with Crippen LogP contribution in [0.25, 0.3) is 0 Å². The van der Waals surface area contributed by atoms with Crippen LogP contribution < -0.4 is 9.47 Å². The zero-order chi connectivity index (χ0) is 15.3. The number of carbonyl (C=O) groups is 2. The number of benzene rings is 1. The van der Waals surface area contributed by atoms with E-state index in [1.54, 1.807) is 25.1 Å². The minimum Gasteiger partial charge on any atom is -0.493 e. The lowest BCUT2D eigenvalue weighted by Crippen LogP contribution is -2.10. The Labute approximate surface area is 118 Å². The molecule has 5 nitrogen and oxygen atoms in total. The van der Waals surface area contributed by atoms with Crippen molar-refractivity contribution in [2.24, 2.45) is 0 Å². The molecule has 108 valence electrons. The highest BCUT2D eigenvalue weighted by Gasteiger charge is 2.18. The van der Waals surface area contributed by atoms with Crippen LogP contribution in [0, 0.1) is 0 Å². The Morgan fingerprint density at radius 3 is 2.20 bits per heavy atom. The second kappa shape index (κ2) is 6.75. The van der Waals surface area contributed by atoms with Crippen molar-refractivity contribution >= 4 is 11.9 Å². The van der Waals surface area contributed by atoms with E-state index in [1.165, 1.54) is 21.0 Å². The van der Waals surface area contributed by atoms with Crippen LogP contribution in [0.5, 0.6) is 11.5 Å². The molecule has 0 saturated carbocycles. The normalized spacial score (nSPS) is 11.4. The molecule has 5 heteroatoms. The van der Waals surface area contributed by atoms with Crippen molar-refractivity contribution in [2.45, 2.75) is 26.9 Å². The Morgan fingerprint density at radius 1 is 1.10 bits per heavy atom. The van der Waals surface area contributed by atoms with E-state index in [2.05, 4.69) is 6.58 Å². The Bertz CT molecular complexity index is 533. The van der Waals surface area contributed by atoms with Crippen molar-refractivity contribution in [1.82, 2.24) is 0 Å². The standard InChI is InChI=1S/C15H18O5/c1-9(2)15(20-11(4)17)12-6-7-13(19-10(3)16)14(8-12)18-5/h6-8,15H,1H2,2-5H3. The number of carbonyl (C=O) groups excluding carboxylic acids is 2. The maximum atomic E-state index is 11.1. The molecule has 0 aliphatic heterocycles. The van der Waals surface area contributed by atoms with Crippen LogP contribution in [-0.2, 0) is 14.3 Å². The van der Waals surface area contributed by atoms with E-state index in [-0.39, 0.29) is 0 Å². The lowest BCUT2D eigenvalue weighted by Gasteiger charge is -2.19. The minimum absolute atomic E-state index is 0.312. The lowest BCUT2D eigenvalue weighted by molar-refractivity contribution is -0.145. The summed E-state index contributed by atoms with van der Waals surface area (Å²) < 4.78 is 15.4. The molecule has 1 aromatic rings. The average molecular weight is 278 g/mol. The van der Waals surface area contributed by atoms with Gasteiger partial charge >= 0.3 is 11.9 Å². The minimum atomic E-state index is -0.562. The first-order chi connectivity index (χ1) is 9.35. The molecular weight excluding hydrogens is 260 g/mol. The first-order valence-electron chi connectivity index (χ1n) is 6.04. The second-order valence-electron chi connectivity index (χ2n) is 4.34. The van der Waals surface area contributed by atoms with E-state index in [0.29, 0.717) is 22.6 Å². The molecule has 1 atom stereocenters. The van der Waals surface area contributed by atoms with Crippen molar-refractivity contribution in [1.29, 1.82) is 0 Å².